The van der Waals surface area contributed by atoms with E-state index in [4.69, 9.17) is 10.5 Å². The predicted octanol–water partition coefficient (Wildman–Crippen LogP) is 3.95. The Bertz CT molecular complexity index is 1790. The minimum Gasteiger partial charge on any atom is -0.495 e. The zero-order valence-corrected chi connectivity index (χ0v) is 21.3. The standard InChI is InChI=1S/C29H29N5O4/c1-29(37)13-10-19(11-14-29)33-23-12-15-31-26(30)25(23)34(28(33)36)20-8-9-21-22(16-20)27(35)32(17-24(21)38-2)18-6-4-3-5-7-18/h3-9,12,15-17,19,37H,10-11,13-14H2,1-2H3,(H2,30,31). The van der Waals surface area contributed by atoms with Crippen LogP contribution < -0.4 is 21.7 Å². The van der Waals surface area contributed by atoms with Gasteiger partial charge in [-0.25, -0.2) is 9.78 Å². The summed E-state index contributed by atoms with van der Waals surface area (Å²) in [7, 11) is 1.56. The summed E-state index contributed by atoms with van der Waals surface area (Å²) >= 11 is 0. The second-order valence-corrected chi connectivity index (χ2v) is 10.2. The third kappa shape index (κ3) is 3.78. The van der Waals surface area contributed by atoms with Gasteiger partial charge in [0.05, 0.1) is 35.5 Å². The van der Waals surface area contributed by atoms with Crippen molar-refractivity contribution in [2.45, 2.75) is 44.2 Å². The molecule has 9 heteroatoms. The lowest BCUT2D eigenvalue weighted by molar-refractivity contribution is 0.00999. The van der Waals surface area contributed by atoms with Crippen LogP contribution in [0.3, 0.4) is 0 Å². The fraction of sp³-hybridized carbons (Fsp3) is 0.276. The maximum absolute atomic E-state index is 14.0. The topological polar surface area (TPSA) is 117 Å². The monoisotopic (exact) mass is 511 g/mol. The summed E-state index contributed by atoms with van der Waals surface area (Å²) in [4.78, 5) is 31.9. The Hall–Kier alpha value is -4.37. The summed E-state index contributed by atoms with van der Waals surface area (Å²) in [6.45, 7) is 1.84. The molecule has 3 N–H and O–H groups in total. The van der Waals surface area contributed by atoms with E-state index in [2.05, 4.69) is 4.98 Å². The Morgan fingerprint density at radius 3 is 2.47 bits per heavy atom. The molecule has 1 aliphatic carbocycles. The van der Waals surface area contributed by atoms with Crippen LogP contribution in [-0.4, -0.2) is 36.5 Å². The molecule has 0 amide bonds. The number of nitrogens with zero attached hydrogens (tertiary/aromatic N) is 4. The molecule has 1 aliphatic rings. The summed E-state index contributed by atoms with van der Waals surface area (Å²) in [5.74, 6) is 0.772. The first-order valence-corrected chi connectivity index (χ1v) is 12.7. The van der Waals surface area contributed by atoms with Gasteiger partial charge in [-0.1, -0.05) is 18.2 Å². The Morgan fingerprint density at radius 2 is 1.76 bits per heavy atom. The lowest BCUT2D eigenvalue weighted by atomic mass is 9.83. The molecule has 1 saturated carbocycles. The number of imidazole rings is 1. The Labute approximate surface area is 218 Å². The molecule has 2 aromatic carbocycles. The van der Waals surface area contributed by atoms with E-state index in [9.17, 15) is 14.7 Å². The van der Waals surface area contributed by atoms with Crippen LogP contribution in [0.5, 0.6) is 5.75 Å². The molecular weight excluding hydrogens is 482 g/mol. The van der Waals surface area contributed by atoms with Gasteiger partial charge >= 0.3 is 5.69 Å². The minimum atomic E-state index is -0.727. The molecule has 9 nitrogen and oxygen atoms in total. The number of ether oxygens (including phenoxy) is 1. The maximum Gasteiger partial charge on any atom is 0.334 e. The molecule has 0 radical (unpaired) electrons. The van der Waals surface area contributed by atoms with Gasteiger partial charge < -0.3 is 15.6 Å². The van der Waals surface area contributed by atoms with Gasteiger partial charge in [0.25, 0.3) is 5.56 Å². The van der Waals surface area contributed by atoms with Gasteiger partial charge in [-0.15, -0.1) is 0 Å². The molecule has 0 atom stereocenters. The van der Waals surface area contributed by atoms with Crippen molar-refractivity contribution in [3.8, 4) is 17.1 Å². The number of para-hydroxylation sites is 1. The number of fused-ring (bicyclic) bond motifs is 2. The zero-order chi connectivity index (χ0) is 26.6. The van der Waals surface area contributed by atoms with E-state index in [0.29, 0.717) is 64.6 Å². The molecule has 0 bridgehead atoms. The van der Waals surface area contributed by atoms with Gasteiger partial charge in [-0.2, -0.15) is 0 Å². The van der Waals surface area contributed by atoms with E-state index in [1.54, 1.807) is 52.9 Å². The largest absolute Gasteiger partial charge is 0.495 e. The third-order valence-electron chi connectivity index (χ3n) is 7.69. The number of aliphatic hydroxyl groups is 1. The number of hydrogen-bond donors (Lipinski definition) is 2. The molecule has 5 aromatic rings. The van der Waals surface area contributed by atoms with E-state index >= 15 is 0 Å². The van der Waals surface area contributed by atoms with Gasteiger partial charge in [0.1, 0.15) is 17.1 Å². The summed E-state index contributed by atoms with van der Waals surface area (Å²) < 4.78 is 10.5. The van der Waals surface area contributed by atoms with Crippen molar-refractivity contribution in [2.24, 2.45) is 0 Å². The minimum absolute atomic E-state index is 0.0795. The van der Waals surface area contributed by atoms with Crippen LogP contribution in [0.4, 0.5) is 5.82 Å². The number of anilines is 1. The molecule has 3 heterocycles. The molecule has 3 aromatic heterocycles. The molecule has 6 rings (SSSR count). The number of nitrogens with two attached hydrogens (primary N) is 1. The lowest BCUT2D eigenvalue weighted by Crippen LogP contribution is -2.35. The van der Waals surface area contributed by atoms with E-state index < -0.39 is 5.60 Å². The summed E-state index contributed by atoms with van der Waals surface area (Å²) in [6.07, 6.45) is 5.83. The quantitative estimate of drug-likeness (QED) is 0.377. The highest BCUT2D eigenvalue weighted by Gasteiger charge is 2.32. The number of rotatable bonds is 4. The van der Waals surface area contributed by atoms with Crippen molar-refractivity contribution in [3.05, 3.63) is 87.8 Å². The van der Waals surface area contributed by atoms with Crippen molar-refractivity contribution in [3.63, 3.8) is 0 Å². The number of nitrogen functional groups attached to an aromatic ring is 1. The van der Waals surface area contributed by atoms with Gasteiger partial charge in [0.2, 0.25) is 0 Å². The van der Waals surface area contributed by atoms with Crippen molar-refractivity contribution < 1.29 is 9.84 Å². The molecule has 194 valence electrons. The van der Waals surface area contributed by atoms with Gasteiger partial charge in [-0.05, 0) is 69.0 Å². The van der Waals surface area contributed by atoms with E-state index in [1.807, 2.05) is 37.3 Å². The van der Waals surface area contributed by atoms with Gasteiger partial charge in [0, 0.05) is 23.3 Å². The van der Waals surface area contributed by atoms with Crippen LogP contribution in [0.2, 0.25) is 0 Å². The Kier molecular flexibility index (Phi) is 5.61. The average Bonchev–Trinajstić information content (AvgIpc) is 3.22. The number of hydrogen-bond acceptors (Lipinski definition) is 6. The molecule has 38 heavy (non-hydrogen) atoms. The molecule has 0 spiro atoms. The molecule has 0 saturated heterocycles. The van der Waals surface area contributed by atoms with Crippen LogP contribution in [0.25, 0.3) is 33.2 Å². The normalized spacial score (nSPS) is 19.7. The predicted molar refractivity (Wildman–Crippen MR) is 148 cm³/mol. The van der Waals surface area contributed by atoms with Crippen LogP contribution in [0, 0.1) is 0 Å². The SMILES string of the molecule is COc1cn(-c2ccccc2)c(=O)c2cc(-n3c(=O)n(C4CCC(C)(O)CC4)c4ccnc(N)c43)ccc12. The summed E-state index contributed by atoms with van der Waals surface area (Å²) in [5, 5.41) is 11.5. The molecule has 1 fully saturated rings. The smallest absolute Gasteiger partial charge is 0.334 e. The van der Waals surface area contributed by atoms with Crippen molar-refractivity contribution in [2.75, 3.05) is 12.8 Å². The first-order valence-electron chi connectivity index (χ1n) is 12.7. The van der Waals surface area contributed by atoms with E-state index in [1.165, 1.54) is 4.57 Å². The summed E-state index contributed by atoms with van der Waals surface area (Å²) in [6, 6.07) is 16.3. The van der Waals surface area contributed by atoms with Gasteiger partial charge in [0.15, 0.2) is 0 Å². The number of aromatic nitrogens is 4. The van der Waals surface area contributed by atoms with Gasteiger partial charge in [-0.3, -0.25) is 18.5 Å². The number of methoxy groups -OCH3 is 1. The average molecular weight is 512 g/mol. The van der Waals surface area contributed by atoms with Crippen LogP contribution >= 0.6 is 0 Å². The van der Waals surface area contributed by atoms with E-state index in [-0.39, 0.29) is 23.1 Å². The molecular formula is C29H29N5O4. The Balaban J connectivity index is 1.59. The van der Waals surface area contributed by atoms with Crippen LogP contribution in [-0.2, 0) is 0 Å². The highest BCUT2D eigenvalue weighted by molar-refractivity contribution is 5.91. The maximum atomic E-state index is 14.0. The van der Waals surface area contributed by atoms with E-state index in [0.717, 1.165) is 0 Å². The highest BCUT2D eigenvalue weighted by Crippen LogP contribution is 2.36. The Morgan fingerprint density at radius 1 is 1.03 bits per heavy atom. The second kappa shape index (κ2) is 8.88. The fourth-order valence-corrected chi connectivity index (χ4v) is 5.65. The van der Waals surface area contributed by atoms with Crippen molar-refractivity contribution >= 4 is 27.6 Å². The molecule has 0 unspecified atom stereocenters. The first-order chi connectivity index (χ1) is 18.3. The van der Waals surface area contributed by atoms with Crippen LogP contribution in [0.1, 0.15) is 38.6 Å². The molecule has 0 aliphatic heterocycles. The van der Waals surface area contributed by atoms with Crippen LogP contribution in [0.15, 0.2) is 76.6 Å². The zero-order valence-electron chi connectivity index (χ0n) is 21.3. The second-order valence-electron chi connectivity index (χ2n) is 10.2. The number of benzene rings is 2. The third-order valence-corrected chi connectivity index (χ3v) is 7.69. The summed E-state index contributed by atoms with van der Waals surface area (Å²) in [5.41, 5.74) is 7.52. The van der Waals surface area contributed by atoms with Crippen molar-refractivity contribution in [1.82, 2.24) is 18.7 Å². The first kappa shape index (κ1) is 24.0. The number of pyridine rings is 2. The highest BCUT2D eigenvalue weighted by atomic mass is 16.5. The lowest BCUT2D eigenvalue weighted by Gasteiger charge is -2.33. The fourth-order valence-electron chi connectivity index (χ4n) is 5.65. The van der Waals surface area contributed by atoms with Crippen molar-refractivity contribution in [1.29, 1.82) is 0 Å².